The van der Waals surface area contributed by atoms with Crippen molar-refractivity contribution in [2.24, 2.45) is 0 Å². The molecule has 2 heterocycles. The molecule has 1 fully saturated rings. The van der Waals surface area contributed by atoms with Crippen molar-refractivity contribution in [1.82, 2.24) is 19.6 Å². The van der Waals surface area contributed by atoms with Crippen LogP contribution in [0.25, 0.3) is 0 Å². The summed E-state index contributed by atoms with van der Waals surface area (Å²) in [4.78, 5) is 17.4. The van der Waals surface area contributed by atoms with Crippen LogP contribution in [-0.4, -0.2) is 58.2 Å². The van der Waals surface area contributed by atoms with Crippen LogP contribution in [0.3, 0.4) is 0 Å². The Morgan fingerprint density at radius 3 is 2.45 bits per heavy atom. The monoisotopic (exact) mass is 298 g/mol. The van der Waals surface area contributed by atoms with Gasteiger partial charge in [-0.05, 0) is 18.2 Å². The molecule has 1 aliphatic heterocycles. The first kappa shape index (κ1) is 14.8. The number of benzene rings is 1. The smallest absolute Gasteiger partial charge is 0.252 e. The SMILES string of the molecule is CCN1CCN(C(=O)[C@H](c2ccccc2)n2cccn2)CC1. The number of carbonyl (C=O) groups is 1. The predicted octanol–water partition coefficient (Wildman–Crippen LogP) is 1.64. The van der Waals surface area contributed by atoms with E-state index in [1.165, 1.54) is 0 Å². The van der Waals surface area contributed by atoms with E-state index in [1.54, 1.807) is 10.9 Å². The molecule has 1 aliphatic rings. The van der Waals surface area contributed by atoms with Gasteiger partial charge in [-0.3, -0.25) is 9.48 Å². The molecule has 0 radical (unpaired) electrons. The normalized spacial score (nSPS) is 17.4. The average Bonchev–Trinajstić information content (AvgIpc) is 3.10. The number of nitrogens with zero attached hydrogens (tertiary/aromatic N) is 4. The summed E-state index contributed by atoms with van der Waals surface area (Å²) >= 11 is 0. The lowest BCUT2D eigenvalue weighted by atomic mass is 10.1. The molecule has 5 nitrogen and oxygen atoms in total. The van der Waals surface area contributed by atoms with Crippen LogP contribution in [0.5, 0.6) is 0 Å². The van der Waals surface area contributed by atoms with E-state index in [9.17, 15) is 4.79 Å². The molecule has 5 heteroatoms. The number of amides is 1. The van der Waals surface area contributed by atoms with E-state index in [4.69, 9.17) is 0 Å². The van der Waals surface area contributed by atoms with Gasteiger partial charge in [0.15, 0.2) is 6.04 Å². The fourth-order valence-corrected chi connectivity index (χ4v) is 2.93. The van der Waals surface area contributed by atoms with Gasteiger partial charge in [0.2, 0.25) is 0 Å². The van der Waals surface area contributed by atoms with Gasteiger partial charge in [-0.15, -0.1) is 0 Å². The third-order valence-corrected chi connectivity index (χ3v) is 4.27. The molecule has 3 rings (SSSR count). The molecular weight excluding hydrogens is 276 g/mol. The lowest BCUT2D eigenvalue weighted by Crippen LogP contribution is -2.50. The predicted molar refractivity (Wildman–Crippen MR) is 85.5 cm³/mol. The van der Waals surface area contributed by atoms with E-state index in [0.717, 1.165) is 38.3 Å². The summed E-state index contributed by atoms with van der Waals surface area (Å²) in [5, 5.41) is 4.30. The van der Waals surface area contributed by atoms with Gasteiger partial charge in [-0.1, -0.05) is 37.3 Å². The van der Waals surface area contributed by atoms with Gasteiger partial charge in [0.1, 0.15) is 0 Å². The van der Waals surface area contributed by atoms with Gasteiger partial charge in [-0.25, -0.2) is 0 Å². The van der Waals surface area contributed by atoms with Crippen molar-refractivity contribution in [3.8, 4) is 0 Å². The molecule has 1 aromatic heterocycles. The van der Waals surface area contributed by atoms with Crippen molar-refractivity contribution in [2.75, 3.05) is 32.7 Å². The van der Waals surface area contributed by atoms with Crippen LogP contribution < -0.4 is 0 Å². The minimum atomic E-state index is -0.371. The van der Waals surface area contributed by atoms with Gasteiger partial charge >= 0.3 is 0 Å². The molecule has 0 aliphatic carbocycles. The number of hydrogen-bond acceptors (Lipinski definition) is 3. The van der Waals surface area contributed by atoms with E-state index in [2.05, 4.69) is 16.9 Å². The van der Waals surface area contributed by atoms with Crippen molar-refractivity contribution in [1.29, 1.82) is 0 Å². The zero-order valence-electron chi connectivity index (χ0n) is 12.9. The van der Waals surface area contributed by atoms with E-state index in [-0.39, 0.29) is 11.9 Å². The lowest BCUT2D eigenvalue weighted by molar-refractivity contribution is -0.135. The van der Waals surface area contributed by atoms with Crippen molar-refractivity contribution in [3.63, 3.8) is 0 Å². The van der Waals surface area contributed by atoms with Crippen LogP contribution in [0.4, 0.5) is 0 Å². The van der Waals surface area contributed by atoms with E-state index in [1.807, 2.05) is 47.5 Å². The molecule has 1 amide bonds. The molecule has 22 heavy (non-hydrogen) atoms. The Labute approximate surface area is 131 Å². The molecule has 0 unspecified atom stereocenters. The maximum Gasteiger partial charge on any atom is 0.252 e. The highest BCUT2D eigenvalue weighted by Gasteiger charge is 2.29. The quantitative estimate of drug-likeness (QED) is 0.861. The fourth-order valence-electron chi connectivity index (χ4n) is 2.93. The number of piperazine rings is 1. The standard InChI is InChI=1S/C17H22N4O/c1-2-19-11-13-20(14-12-19)17(22)16(21-10-6-9-18-21)15-7-4-3-5-8-15/h3-10,16H,2,11-14H2,1H3/t16-/m0/s1. The molecule has 116 valence electrons. The minimum absolute atomic E-state index is 0.130. The second-order valence-electron chi connectivity index (χ2n) is 5.56. The van der Waals surface area contributed by atoms with E-state index < -0.39 is 0 Å². The zero-order chi connectivity index (χ0) is 15.4. The average molecular weight is 298 g/mol. The Kier molecular flexibility index (Phi) is 4.53. The van der Waals surface area contributed by atoms with Crippen LogP contribution in [0.2, 0.25) is 0 Å². The fraction of sp³-hybridized carbons (Fsp3) is 0.412. The molecule has 0 spiro atoms. The molecule has 0 bridgehead atoms. The largest absolute Gasteiger partial charge is 0.338 e. The van der Waals surface area contributed by atoms with E-state index >= 15 is 0 Å². The van der Waals surface area contributed by atoms with Crippen LogP contribution in [0.15, 0.2) is 48.8 Å². The molecule has 0 saturated carbocycles. The Balaban J connectivity index is 1.82. The highest BCUT2D eigenvalue weighted by Crippen LogP contribution is 2.21. The number of aromatic nitrogens is 2. The molecule has 1 atom stereocenters. The summed E-state index contributed by atoms with van der Waals surface area (Å²) in [6.07, 6.45) is 3.58. The Morgan fingerprint density at radius 1 is 1.14 bits per heavy atom. The van der Waals surface area contributed by atoms with Gasteiger partial charge in [0, 0.05) is 38.6 Å². The maximum atomic E-state index is 13.0. The summed E-state index contributed by atoms with van der Waals surface area (Å²) in [6.45, 7) is 6.68. The van der Waals surface area contributed by atoms with Gasteiger partial charge < -0.3 is 9.80 Å². The molecule has 2 aromatic rings. The van der Waals surface area contributed by atoms with Crippen LogP contribution in [0.1, 0.15) is 18.5 Å². The number of likely N-dealkylation sites (N-methyl/N-ethyl adjacent to an activating group) is 1. The second-order valence-corrected chi connectivity index (χ2v) is 5.56. The van der Waals surface area contributed by atoms with Gasteiger partial charge in [0.05, 0.1) is 0 Å². The summed E-state index contributed by atoms with van der Waals surface area (Å²) in [5.74, 6) is 0.130. The summed E-state index contributed by atoms with van der Waals surface area (Å²) in [7, 11) is 0. The first-order valence-corrected chi connectivity index (χ1v) is 7.85. The van der Waals surface area contributed by atoms with Crippen LogP contribution in [-0.2, 0) is 4.79 Å². The molecule has 0 N–H and O–H groups in total. The minimum Gasteiger partial charge on any atom is -0.338 e. The highest BCUT2D eigenvalue weighted by molar-refractivity contribution is 5.83. The number of rotatable bonds is 4. The highest BCUT2D eigenvalue weighted by atomic mass is 16.2. The van der Waals surface area contributed by atoms with Crippen molar-refractivity contribution in [3.05, 3.63) is 54.4 Å². The van der Waals surface area contributed by atoms with Crippen molar-refractivity contribution >= 4 is 5.91 Å². The van der Waals surface area contributed by atoms with Crippen molar-refractivity contribution < 1.29 is 4.79 Å². The van der Waals surface area contributed by atoms with Crippen molar-refractivity contribution in [2.45, 2.75) is 13.0 Å². The third-order valence-electron chi connectivity index (χ3n) is 4.27. The summed E-state index contributed by atoms with van der Waals surface area (Å²) in [6, 6.07) is 11.4. The van der Waals surface area contributed by atoms with Crippen LogP contribution >= 0.6 is 0 Å². The first-order valence-electron chi connectivity index (χ1n) is 7.85. The van der Waals surface area contributed by atoms with Gasteiger partial charge in [0.25, 0.3) is 5.91 Å². The van der Waals surface area contributed by atoms with Gasteiger partial charge in [-0.2, -0.15) is 5.10 Å². The number of carbonyl (C=O) groups excluding carboxylic acids is 1. The topological polar surface area (TPSA) is 41.4 Å². The second kappa shape index (κ2) is 6.75. The summed E-state index contributed by atoms with van der Waals surface area (Å²) in [5.41, 5.74) is 0.981. The molecule has 1 saturated heterocycles. The molecular formula is C17H22N4O. The third kappa shape index (κ3) is 3.04. The zero-order valence-corrected chi connectivity index (χ0v) is 12.9. The maximum absolute atomic E-state index is 13.0. The Bertz CT molecular complexity index is 588. The first-order chi connectivity index (χ1) is 10.8. The number of hydrogen-bond donors (Lipinski definition) is 0. The lowest BCUT2D eigenvalue weighted by Gasteiger charge is -2.36. The Hall–Kier alpha value is -2.14. The van der Waals surface area contributed by atoms with E-state index in [0.29, 0.717) is 0 Å². The van der Waals surface area contributed by atoms with Crippen LogP contribution in [0, 0.1) is 0 Å². The Morgan fingerprint density at radius 2 is 1.86 bits per heavy atom. The summed E-state index contributed by atoms with van der Waals surface area (Å²) < 4.78 is 1.75. The molecule has 1 aromatic carbocycles.